The van der Waals surface area contributed by atoms with Crippen molar-refractivity contribution in [1.29, 1.82) is 0 Å². The molecule has 4 rings (SSSR count). The predicted octanol–water partition coefficient (Wildman–Crippen LogP) is 4.03. The molecule has 2 bridgehead atoms. The Kier molecular flexibility index (Phi) is 6.66. The molecule has 2 atom stereocenters. The van der Waals surface area contributed by atoms with Crippen LogP contribution in [0.15, 0.2) is 42.5 Å². The molecule has 1 amide bonds. The first-order valence-corrected chi connectivity index (χ1v) is 11.1. The highest BCUT2D eigenvalue weighted by Gasteiger charge is 2.41. The number of hydrogen-bond donors (Lipinski definition) is 1. The van der Waals surface area contributed by atoms with Crippen molar-refractivity contribution in [3.05, 3.63) is 53.6 Å². The summed E-state index contributed by atoms with van der Waals surface area (Å²) in [5.41, 5.74) is 1.86. The molecule has 0 spiro atoms. The van der Waals surface area contributed by atoms with Crippen LogP contribution < -0.4 is 19.5 Å². The Morgan fingerprint density at radius 3 is 2.29 bits per heavy atom. The van der Waals surface area contributed by atoms with Crippen LogP contribution in [0, 0.1) is 0 Å². The molecule has 0 saturated carbocycles. The summed E-state index contributed by atoms with van der Waals surface area (Å²) in [6.45, 7) is 3.43. The fraction of sp³-hybridized carbons (Fsp3) is 0.480. The average molecular weight is 425 g/mol. The largest absolute Gasteiger partial charge is 0.497 e. The second-order valence-electron chi connectivity index (χ2n) is 8.33. The summed E-state index contributed by atoms with van der Waals surface area (Å²) in [7, 11) is 3.37. The van der Waals surface area contributed by atoms with E-state index in [9.17, 15) is 4.79 Å². The Morgan fingerprint density at radius 1 is 1.00 bits per heavy atom. The molecule has 2 aromatic carbocycles. The van der Waals surface area contributed by atoms with Crippen molar-refractivity contribution in [2.75, 3.05) is 20.8 Å². The van der Waals surface area contributed by atoms with E-state index in [-0.39, 0.29) is 11.9 Å². The standard InChI is InChI=1S/C25H32N2O4/c1-4-31-22-10-5-17(6-11-22)25(28)26-19-13-20-8-9-21(14-19)27(20)16-18-7-12-23(29-2)15-24(18)30-3/h5-7,10-12,15,19-21H,4,8-9,13-14,16H2,1-3H3,(H,26,28). The van der Waals surface area contributed by atoms with Crippen LogP contribution in [0.1, 0.15) is 48.5 Å². The van der Waals surface area contributed by atoms with Crippen molar-refractivity contribution < 1.29 is 19.0 Å². The topological polar surface area (TPSA) is 60.0 Å². The third-order valence-corrected chi connectivity index (χ3v) is 6.49. The van der Waals surface area contributed by atoms with Gasteiger partial charge < -0.3 is 19.5 Å². The summed E-state index contributed by atoms with van der Waals surface area (Å²) in [5, 5.41) is 3.26. The maximum Gasteiger partial charge on any atom is 0.251 e. The van der Waals surface area contributed by atoms with Gasteiger partial charge in [0.15, 0.2) is 0 Å². The van der Waals surface area contributed by atoms with Crippen molar-refractivity contribution in [2.24, 2.45) is 0 Å². The Labute approximate surface area is 184 Å². The van der Waals surface area contributed by atoms with Crippen LogP contribution in [0.2, 0.25) is 0 Å². The maximum atomic E-state index is 12.7. The number of piperidine rings is 1. The van der Waals surface area contributed by atoms with E-state index in [1.807, 2.05) is 43.3 Å². The third-order valence-electron chi connectivity index (χ3n) is 6.49. The number of methoxy groups -OCH3 is 2. The Hall–Kier alpha value is -2.73. The number of amides is 1. The smallest absolute Gasteiger partial charge is 0.251 e. The molecule has 0 aromatic heterocycles. The lowest BCUT2D eigenvalue weighted by Gasteiger charge is -2.39. The summed E-state index contributed by atoms with van der Waals surface area (Å²) in [5.74, 6) is 2.46. The molecule has 2 heterocycles. The molecule has 2 saturated heterocycles. The minimum atomic E-state index is -0.00211. The van der Waals surface area contributed by atoms with Crippen molar-refractivity contribution in [3.63, 3.8) is 0 Å². The van der Waals surface area contributed by atoms with E-state index >= 15 is 0 Å². The van der Waals surface area contributed by atoms with Gasteiger partial charge in [-0.3, -0.25) is 9.69 Å². The highest BCUT2D eigenvalue weighted by molar-refractivity contribution is 5.94. The summed E-state index contributed by atoms with van der Waals surface area (Å²) >= 11 is 0. The molecule has 6 nitrogen and oxygen atoms in total. The number of benzene rings is 2. The van der Waals surface area contributed by atoms with Crippen molar-refractivity contribution in [1.82, 2.24) is 10.2 Å². The van der Waals surface area contributed by atoms with Crippen LogP contribution in [0.4, 0.5) is 0 Å². The van der Waals surface area contributed by atoms with Gasteiger partial charge in [-0.15, -0.1) is 0 Å². The molecule has 2 unspecified atom stereocenters. The molecular formula is C25H32N2O4. The number of nitrogens with zero attached hydrogens (tertiary/aromatic N) is 1. The number of nitrogens with one attached hydrogen (secondary N) is 1. The molecule has 31 heavy (non-hydrogen) atoms. The predicted molar refractivity (Wildman–Crippen MR) is 120 cm³/mol. The lowest BCUT2D eigenvalue weighted by atomic mass is 9.96. The van der Waals surface area contributed by atoms with Crippen LogP contribution in [0.5, 0.6) is 17.2 Å². The normalized spacial score (nSPS) is 22.7. The molecule has 0 radical (unpaired) electrons. The van der Waals surface area contributed by atoms with Crippen LogP contribution >= 0.6 is 0 Å². The van der Waals surface area contributed by atoms with Gasteiger partial charge >= 0.3 is 0 Å². The number of ether oxygens (including phenoxy) is 3. The number of carbonyl (C=O) groups is 1. The lowest BCUT2D eigenvalue weighted by molar-refractivity contribution is 0.0826. The van der Waals surface area contributed by atoms with Crippen molar-refractivity contribution in [3.8, 4) is 17.2 Å². The molecule has 166 valence electrons. The minimum absolute atomic E-state index is 0.00211. The van der Waals surface area contributed by atoms with Gasteiger partial charge in [-0.2, -0.15) is 0 Å². The Bertz CT molecular complexity index is 885. The highest BCUT2D eigenvalue weighted by Crippen LogP contribution is 2.38. The van der Waals surface area contributed by atoms with E-state index in [4.69, 9.17) is 14.2 Å². The first-order chi connectivity index (χ1) is 15.1. The fourth-order valence-corrected chi connectivity index (χ4v) is 4.97. The van der Waals surface area contributed by atoms with Gasteiger partial charge in [0.1, 0.15) is 17.2 Å². The van der Waals surface area contributed by atoms with Gasteiger partial charge in [0, 0.05) is 41.9 Å². The Balaban J connectivity index is 1.37. The molecule has 1 N–H and O–H groups in total. The zero-order valence-corrected chi connectivity index (χ0v) is 18.6. The first kappa shape index (κ1) is 21.5. The van der Waals surface area contributed by atoms with E-state index in [1.165, 1.54) is 18.4 Å². The zero-order chi connectivity index (χ0) is 21.8. The molecule has 0 aliphatic carbocycles. The Morgan fingerprint density at radius 2 is 1.68 bits per heavy atom. The lowest BCUT2D eigenvalue weighted by Crippen LogP contribution is -2.50. The van der Waals surface area contributed by atoms with Crippen LogP contribution in [-0.2, 0) is 6.54 Å². The molecular weight excluding hydrogens is 392 g/mol. The van der Waals surface area contributed by atoms with E-state index < -0.39 is 0 Å². The number of rotatable bonds is 8. The summed E-state index contributed by atoms with van der Waals surface area (Å²) in [4.78, 5) is 15.3. The van der Waals surface area contributed by atoms with Crippen molar-refractivity contribution in [2.45, 2.75) is 57.3 Å². The SMILES string of the molecule is CCOc1ccc(C(=O)NC2CC3CCC(C2)N3Cc2ccc(OC)cc2OC)cc1. The quantitative estimate of drug-likeness (QED) is 0.693. The van der Waals surface area contributed by atoms with Gasteiger partial charge in [-0.05, 0) is 62.9 Å². The molecule has 2 aromatic rings. The second-order valence-corrected chi connectivity index (χ2v) is 8.33. The molecule has 2 aliphatic rings. The van der Waals surface area contributed by atoms with Crippen LogP contribution in [0.3, 0.4) is 0 Å². The van der Waals surface area contributed by atoms with E-state index in [2.05, 4.69) is 16.3 Å². The maximum absolute atomic E-state index is 12.7. The highest BCUT2D eigenvalue weighted by atomic mass is 16.5. The van der Waals surface area contributed by atoms with E-state index in [0.29, 0.717) is 24.3 Å². The number of hydrogen-bond acceptors (Lipinski definition) is 5. The van der Waals surface area contributed by atoms with Crippen molar-refractivity contribution >= 4 is 5.91 Å². The number of carbonyl (C=O) groups excluding carboxylic acids is 1. The summed E-state index contributed by atoms with van der Waals surface area (Å²) in [6, 6.07) is 14.6. The summed E-state index contributed by atoms with van der Waals surface area (Å²) < 4.78 is 16.4. The zero-order valence-electron chi connectivity index (χ0n) is 18.6. The minimum Gasteiger partial charge on any atom is -0.497 e. The first-order valence-electron chi connectivity index (χ1n) is 11.1. The van der Waals surface area contributed by atoms with Gasteiger partial charge in [-0.1, -0.05) is 6.07 Å². The molecule has 2 aliphatic heterocycles. The van der Waals surface area contributed by atoms with E-state index in [0.717, 1.165) is 36.6 Å². The summed E-state index contributed by atoms with van der Waals surface area (Å²) in [6.07, 6.45) is 4.33. The van der Waals surface area contributed by atoms with Gasteiger partial charge in [0.2, 0.25) is 0 Å². The van der Waals surface area contributed by atoms with Gasteiger partial charge in [0.05, 0.1) is 20.8 Å². The van der Waals surface area contributed by atoms with E-state index in [1.54, 1.807) is 14.2 Å². The fourth-order valence-electron chi connectivity index (χ4n) is 4.97. The average Bonchev–Trinajstić information content (AvgIpc) is 3.02. The molecule has 2 fully saturated rings. The van der Waals surface area contributed by atoms with Gasteiger partial charge in [0.25, 0.3) is 5.91 Å². The van der Waals surface area contributed by atoms with Crippen LogP contribution in [-0.4, -0.2) is 49.8 Å². The molecule has 6 heteroatoms. The monoisotopic (exact) mass is 424 g/mol. The van der Waals surface area contributed by atoms with Crippen LogP contribution in [0.25, 0.3) is 0 Å². The third kappa shape index (κ3) is 4.79. The second kappa shape index (κ2) is 9.60. The number of fused-ring (bicyclic) bond motifs is 2. The van der Waals surface area contributed by atoms with Gasteiger partial charge in [-0.25, -0.2) is 0 Å².